The summed E-state index contributed by atoms with van der Waals surface area (Å²) in [5.74, 6) is -1.62. The highest BCUT2D eigenvalue weighted by Crippen LogP contribution is 2.22. The van der Waals surface area contributed by atoms with Crippen LogP contribution in [0.1, 0.15) is 28.7 Å². The van der Waals surface area contributed by atoms with Crippen molar-refractivity contribution in [2.75, 3.05) is 0 Å². The predicted octanol–water partition coefficient (Wildman–Crippen LogP) is 2.89. The third-order valence-corrected chi connectivity index (χ3v) is 4.15. The standard InChI is InChI=1S/C22H23NO4/c1-4-7-15-10-16(8-5-2)19(17(11-15)9-6-3)14-27-21(25)13-18-12-20(24)23-22(18)26/h4-6,10-12H,1-3,7-9,13-14H2,(H,23,24,26). The minimum atomic E-state index is -0.560. The zero-order chi connectivity index (χ0) is 19.8. The normalized spacial score (nSPS) is 13.0. The molecule has 0 saturated carbocycles. The van der Waals surface area contributed by atoms with Crippen LogP contribution in [0.15, 0.2) is 61.7 Å². The van der Waals surface area contributed by atoms with Crippen LogP contribution in [-0.4, -0.2) is 17.8 Å². The van der Waals surface area contributed by atoms with E-state index in [1.165, 1.54) is 0 Å². The Morgan fingerprint density at radius 1 is 1.00 bits per heavy atom. The van der Waals surface area contributed by atoms with E-state index in [1.54, 1.807) is 12.2 Å². The van der Waals surface area contributed by atoms with Gasteiger partial charge in [-0.1, -0.05) is 30.4 Å². The van der Waals surface area contributed by atoms with Gasteiger partial charge in [0.05, 0.1) is 6.42 Å². The van der Waals surface area contributed by atoms with Gasteiger partial charge in [0.2, 0.25) is 0 Å². The Morgan fingerprint density at radius 2 is 1.59 bits per heavy atom. The Labute approximate surface area is 159 Å². The lowest BCUT2D eigenvalue weighted by Gasteiger charge is -2.16. The average Bonchev–Trinajstić information content (AvgIpc) is 2.92. The summed E-state index contributed by atoms with van der Waals surface area (Å²) in [5, 5.41) is 2.11. The van der Waals surface area contributed by atoms with E-state index in [4.69, 9.17) is 4.74 Å². The Bertz CT molecular complexity index is 802. The van der Waals surface area contributed by atoms with Crippen LogP contribution in [0.4, 0.5) is 0 Å². The zero-order valence-corrected chi connectivity index (χ0v) is 15.3. The van der Waals surface area contributed by atoms with Crippen molar-refractivity contribution in [2.45, 2.75) is 32.3 Å². The second-order valence-electron chi connectivity index (χ2n) is 6.20. The molecule has 1 aromatic carbocycles. The molecule has 0 aromatic heterocycles. The molecule has 0 unspecified atom stereocenters. The van der Waals surface area contributed by atoms with Crippen LogP contribution in [0, 0.1) is 0 Å². The van der Waals surface area contributed by atoms with E-state index in [9.17, 15) is 14.4 Å². The van der Waals surface area contributed by atoms with Crippen LogP contribution in [0.2, 0.25) is 0 Å². The van der Waals surface area contributed by atoms with Gasteiger partial charge in [-0.15, -0.1) is 19.7 Å². The fourth-order valence-electron chi connectivity index (χ4n) is 2.96. The first-order chi connectivity index (χ1) is 13.0. The highest BCUT2D eigenvalue weighted by atomic mass is 16.5. The van der Waals surface area contributed by atoms with Crippen LogP contribution in [0.25, 0.3) is 0 Å². The van der Waals surface area contributed by atoms with Crippen molar-refractivity contribution in [3.05, 3.63) is 84.0 Å². The summed E-state index contributed by atoms with van der Waals surface area (Å²) in [6.07, 6.45) is 8.36. The highest BCUT2D eigenvalue weighted by molar-refractivity contribution is 6.17. The SMILES string of the molecule is C=CCc1cc(CC=C)c(COC(=O)CC2=CC(=O)NC2=O)c(CC=C)c1. The molecule has 5 heteroatoms. The number of esters is 1. The lowest BCUT2D eigenvalue weighted by atomic mass is 9.93. The quantitative estimate of drug-likeness (QED) is 0.393. The van der Waals surface area contributed by atoms with Gasteiger partial charge in [0.15, 0.2) is 0 Å². The first-order valence-electron chi connectivity index (χ1n) is 8.66. The molecule has 0 atom stereocenters. The minimum absolute atomic E-state index is 0.0857. The lowest BCUT2D eigenvalue weighted by Crippen LogP contribution is -2.23. The number of allylic oxidation sites excluding steroid dienone is 3. The van der Waals surface area contributed by atoms with Crippen molar-refractivity contribution in [3.63, 3.8) is 0 Å². The molecule has 1 aliphatic heterocycles. The Hall–Kier alpha value is -3.21. The van der Waals surface area contributed by atoms with Gasteiger partial charge in [0.1, 0.15) is 6.61 Å². The molecule has 140 valence electrons. The number of rotatable bonds is 10. The first kappa shape index (κ1) is 20.1. The summed E-state index contributed by atoms with van der Waals surface area (Å²) >= 11 is 0. The molecule has 0 fully saturated rings. The molecule has 2 amide bonds. The van der Waals surface area contributed by atoms with Crippen molar-refractivity contribution in [1.29, 1.82) is 0 Å². The van der Waals surface area contributed by atoms with Gasteiger partial charge in [0, 0.05) is 11.6 Å². The van der Waals surface area contributed by atoms with Crippen molar-refractivity contribution in [1.82, 2.24) is 5.32 Å². The molecule has 1 N–H and O–H groups in total. The molecule has 0 spiro atoms. The van der Waals surface area contributed by atoms with Crippen molar-refractivity contribution < 1.29 is 19.1 Å². The highest BCUT2D eigenvalue weighted by Gasteiger charge is 2.23. The van der Waals surface area contributed by atoms with E-state index < -0.39 is 17.8 Å². The molecule has 0 aliphatic carbocycles. The summed E-state index contributed by atoms with van der Waals surface area (Å²) in [7, 11) is 0. The number of hydrogen-bond donors (Lipinski definition) is 1. The van der Waals surface area contributed by atoms with E-state index >= 15 is 0 Å². The Kier molecular flexibility index (Phi) is 7.06. The van der Waals surface area contributed by atoms with Crippen LogP contribution >= 0.6 is 0 Å². The first-order valence-corrected chi connectivity index (χ1v) is 8.66. The summed E-state index contributed by atoms with van der Waals surface area (Å²) in [4.78, 5) is 34.8. The molecule has 2 rings (SSSR count). The molecule has 27 heavy (non-hydrogen) atoms. The predicted molar refractivity (Wildman–Crippen MR) is 104 cm³/mol. The maximum atomic E-state index is 12.1. The molecule has 1 aromatic rings. The summed E-state index contributed by atoms with van der Waals surface area (Å²) in [6, 6.07) is 4.12. The molecule has 5 nitrogen and oxygen atoms in total. The fourth-order valence-corrected chi connectivity index (χ4v) is 2.96. The Balaban J connectivity index is 2.18. The number of hydrogen-bond acceptors (Lipinski definition) is 4. The third kappa shape index (κ3) is 5.38. The van der Waals surface area contributed by atoms with E-state index in [0.717, 1.165) is 34.8 Å². The van der Waals surface area contributed by atoms with Gasteiger partial charge in [-0.2, -0.15) is 0 Å². The smallest absolute Gasteiger partial charge is 0.310 e. The molecule has 0 bridgehead atoms. The molecule has 1 heterocycles. The monoisotopic (exact) mass is 365 g/mol. The van der Waals surface area contributed by atoms with E-state index in [0.29, 0.717) is 12.8 Å². The number of ether oxygens (including phenoxy) is 1. The average molecular weight is 365 g/mol. The third-order valence-electron chi connectivity index (χ3n) is 4.15. The van der Waals surface area contributed by atoms with Gasteiger partial charge in [-0.3, -0.25) is 19.7 Å². The van der Waals surface area contributed by atoms with Crippen LogP contribution < -0.4 is 5.32 Å². The maximum Gasteiger partial charge on any atom is 0.310 e. The van der Waals surface area contributed by atoms with E-state index in [1.807, 2.05) is 6.08 Å². The molecule has 0 radical (unpaired) electrons. The summed E-state index contributed by atoms with van der Waals surface area (Å²) in [5.41, 5.74) is 4.21. The van der Waals surface area contributed by atoms with E-state index in [2.05, 4.69) is 37.2 Å². The number of nitrogens with one attached hydrogen (secondary N) is 1. The van der Waals surface area contributed by atoms with Gasteiger partial charge < -0.3 is 4.74 Å². The summed E-state index contributed by atoms with van der Waals surface area (Å²) in [6.45, 7) is 11.5. The largest absolute Gasteiger partial charge is 0.461 e. The van der Waals surface area contributed by atoms with Gasteiger partial charge in [-0.05, 0) is 41.5 Å². The van der Waals surface area contributed by atoms with Gasteiger partial charge in [0.25, 0.3) is 11.8 Å². The maximum absolute atomic E-state index is 12.1. The van der Waals surface area contributed by atoms with Gasteiger partial charge in [-0.25, -0.2) is 0 Å². The molecular formula is C22H23NO4. The fraction of sp³-hybridized carbons (Fsp3) is 0.227. The van der Waals surface area contributed by atoms with Crippen molar-refractivity contribution in [2.24, 2.45) is 0 Å². The minimum Gasteiger partial charge on any atom is -0.461 e. The zero-order valence-electron chi connectivity index (χ0n) is 15.3. The van der Waals surface area contributed by atoms with Crippen LogP contribution in [-0.2, 0) is 45.0 Å². The second-order valence-corrected chi connectivity index (χ2v) is 6.20. The number of imide groups is 1. The number of carbonyl (C=O) groups is 3. The second kappa shape index (κ2) is 9.48. The number of carbonyl (C=O) groups excluding carboxylic acids is 3. The summed E-state index contributed by atoms with van der Waals surface area (Å²) < 4.78 is 5.39. The topological polar surface area (TPSA) is 72.5 Å². The van der Waals surface area contributed by atoms with Crippen LogP contribution in [0.5, 0.6) is 0 Å². The Morgan fingerprint density at radius 3 is 2.07 bits per heavy atom. The van der Waals surface area contributed by atoms with E-state index in [-0.39, 0.29) is 18.6 Å². The molecule has 0 saturated heterocycles. The van der Waals surface area contributed by atoms with Gasteiger partial charge >= 0.3 is 5.97 Å². The molecule has 1 aliphatic rings. The van der Waals surface area contributed by atoms with Crippen molar-refractivity contribution in [3.8, 4) is 0 Å². The lowest BCUT2D eigenvalue weighted by molar-refractivity contribution is -0.144. The number of amides is 2. The molecular weight excluding hydrogens is 342 g/mol. The number of benzene rings is 1. The van der Waals surface area contributed by atoms with Crippen molar-refractivity contribution >= 4 is 17.8 Å². The van der Waals surface area contributed by atoms with Crippen LogP contribution in [0.3, 0.4) is 0 Å².